The predicted molar refractivity (Wildman–Crippen MR) is 99.3 cm³/mol. The quantitative estimate of drug-likeness (QED) is 0.733. The van der Waals surface area contributed by atoms with Gasteiger partial charge >= 0.3 is 0 Å². The summed E-state index contributed by atoms with van der Waals surface area (Å²) in [6, 6.07) is 9.47. The zero-order valence-electron chi connectivity index (χ0n) is 16.1. The Balaban J connectivity index is 1.99. The number of hydrogen-bond acceptors (Lipinski definition) is 3. The molecule has 25 heavy (non-hydrogen) atoms. The molecule has 1 N–H and O–H groups in total. The van der Waals surface area contributed by atoms with E-state index in [9.17, 15) is 9.59 Å². The monoisotopic (exact) mass is 345 g/mol. The summed E-state index contributed by atoms with van der Waals surface area (Å²) in [5, 5.41) is 2.99. The highest BCUT2D eigenvalue weighted by atomic mass is 16.6. The minimum Gasteiger partial charge on any atom is -0.361 e. The van der Waals surface area contributed by atoms with Crippen molar-refractivity contribution >= 4 is 11.7 Å². The Morgan fingerprint density at radius 2 is 1.84 bits per heavy atom. The fourth-order valence-corrected chi connectivity index (χ4v) is 2.84. The summed E-state index contributed by atoms with van der Waals surface area (Å²) in [6.07, 6.45) is 2.18. The van der Waals surface area contributed by atoms with Gasteiger partial charge in [0, 0.05) is 5.92 Å². The van der Waals surface area contributed by atoms with Crippen molar-refractivity contribution in [3.05, 3.63) is 35.9 Å². The maximum absolute atomic E-state index is 12.7. The van der Waals surface area contributed by atoms with Gasteiger partial charge in [-0.05, 0) is 37.2 Å². The SMILES string of the molecule is CC(Cc1ccccc1)C(=O)NC(CCC(C)(C)C)C(=O)C1(C)CO1. The average molecular weight is 345 g/mol. The van der Waals surface area contributed by atoms with Gasteiger partial charge in [0.15, 0.2) is 5.78 Å². The fraction of sp³-hybridized carbons (Fsp3) is 0.619. The second kappa shape index (κ2) is 7.69. The summed E-state index contributed by atoms with van der Waals surface area (Å²) in [5.41, 5.74) is 0.531. The van der Waals surface area contributed by atoms with Crippen molar-refractivity contribution < 1.29 is 14.3 Å². The van der Waals surface area contributed by atoms with Crippen molar-refractivity contribution in [2.45, 2.75) is 65.5 Å². The van der Waals surface area contributed by atoms with Gasteiger partial charge < -0.3 is 10.1 Å². The van der Waals surface area contributed by atoms with Gasteiger partial charge in [-0.25, -0.2) is 0 Å². The van der Waals surface area contributed by atoms with Crippen LogP contribution < -0.4 is 5.32 Å². The van der Waals surface area contributed by atoms with Crippen molar-refractivity contribution in [1.29, 1.82) is 0 Å². The molecule has 4 nitrogen and oxygen atoms in total. The lowest BCUT2D eigenvalue weighted by atomic mass is 9.86. The Bertz CT molecular complexity index is 599. The predicted octanol–water partition coefficient (Wildman–Crippen LogP) is 3.53. The first kappa shape index (κ1) is 19.6. The molecule has 1 heterocycles. The summed E-state index contributed by atoms with van der Waals surface area (Å²) in [7, 11) is 0. The van der Waals surface area contributed by atoms with Crippen LogP contribution in [0.5, 0.6) is 0 Å². The number of rotatable bonds is 8. The molecule has 1 aliphatic heterocycles. The van der Waals surface area contributed by atoms with Crippen LogP contribution in [0.25, 0.3) is 0 Å². The Labute approximate surface area is 151 Å². The van der Waals surface area contributed by atoms with Crippen LogP contribution in [0.3, 0.4) is 0 Å². The van der Waals surface area contributed by atoms with Crippen molar-refractivity contribution in [2.24, 2.45) is 11.3 Å². The first-order valence-corrected chi connectivity index (χ1v) is 9.13. The van der Waals surface area contributed by atoms with Crippen LogP contribution in [0.15, 0.2) is 30.3 Å². The number of benzene rings is 1. The Morgan fingerprint density at radius 3 is 2.36 bits per heavy atom. The third-order valence-corrected chi connectivity index (χ3v) is 4.75. The van der Waals surface area contributed by atoms with Crippen LogP contribution in [0.4, 0.5) is 0 Å². The minimum atomic E-state index is -0.710. The van der Waals surface area contributed by atoms with E-state index in [2.05, 4.69) is 26.1 Å². The highest BCUT2D eigenvalue weighted by Crippen LogP contribution is 2.31. The third-order valence-electron chi connectivity index (χ3n) is 4.75. The third kappa shape index (κ3) is 5.96. The number of nitrogens with one attached hydrogen (secondary N) is 1. The standard InChI is InChI=1S/C21H31NO3/c1-15(13-16-9-7-6-8-10-16)19(24)22-17(11-12-20(2,3)4)18(23)21(5)14-25-21/h6-10,15,17H,11-14H2,1-5H3,(H,22,24). The molecular weight excluding hydrogens is 314 g/mol. The Morgan fingerprint density at radius 1 is 1.24 bits per heavy atom. The fourth-order valence-electron chi connectivity index (χ4n) is 2.84. The first-order valence-electron chi connectivity index (χ1n) is 9.13. The summed E-state index contributed by atoms with van der Waals surface area (Å²) < 4.78 is 5.31. The van der Waals surface area contributed by atoms with Crippen LogP contribution in [-0.4, -0.2) is 29.9 Å². The van der Waals surface area contributed by atoms with Crippen LogP contribution >= 0.6 is 0 Å². The molecule has 1 aliphatic rings. The van der Waals surface area contributed by atoms with E-state index in [4.69, 9.17) is 4.74 Å². The van der Waals surface area contributed by atoms with Crippen molar-refractivity contribution in [1.82, 2.24) is 5.32 Å². The highest BCUT2D eigenvalue weighted by molar-refractivity contribution is 5.96. The molecule has 0 spiro atoms. The smallest absolute Gasteiger partial charge is 0.223 e. The summed E-state index contributed by atoms with van der Waals surface area (Å²) in [6.45, 7) is 10.6. The van der Waals surface area contributed by atoms with E-state index in [1.54, 1.807) is 6.92 Å². The number of amides is 1. The average Bonchev–Trinajstić information content (AvgIpc) is 3.29. The first-order chi connectivity index (χ1) is 11.6. The lowest BCUT2D eigenvalue weighted by Crippen LogP contribution is -2.48. The molecular formula is C21H31NO3. The molecule has 0 aliphatic carbocycles. The Hall–Kier alpha value is -1.68. The topological polar surface area (TPSA) is 58.7 Å². The molecule has 138 valence electrons. The molecule has 1 fully saturated rings. The van der Waals surface area contributed by atoms with Crippen LogP contribution in [-0.2, 0) is 20.7 Å². The van der Waals surface area contributed by atoms with E-state index in [0.29, 0.717) is 19.4 Å². The second-order valence-corrected chi connectivity index (χ2v) is 8.64. The molecule has 2 rings (SSSR count). The lowest BCUT2D eigenvalue weighted by Gasteiger charge is -2.25. The van der Waals surface area contributed by atoms with Crippen molar-refractivity contribution in [3.63, 3.8) is 0 Å². The van der Waals surface area contributed by atoms with Gasteiger partial charge in [0.25, 0.3) is 0 Å². The molecule has 0 aromatic heterocycles. The van der Waals surface area contributed by atoms with Crippen LogP contribution in [0.1, 0.15) is 53.0 Å². The zero-order valence-corrected chi connectivity index (χ0v) is 16.1. The van der Waals surface area contributed by atoms with Crippen molar-refractivity contribution in [3.8, 4) is 0 Å². The van der Waals surface area contributed by atoms with E-state index >= 15 is 0 Å². The molecule has 1 amide bonds. The van der Waals surface area contributed by atoms with Gasteiger partial charge in [-0.3, -0.25) is 9.59 Å². The van der Waals surface area contributed by atoms with Gasteiger partial charge in [0.05, 0.1) is 12.6 Å². The minimum absolute atomic E-state index is 0.00277. The van der Waals surface area contributed by atoms with E-state index in [-0.39, 0.29) is 23.0 Å². The number of hydrogen-bond donors (Lipinski definition) is 1. The van der Waals surface area contributed by atoms with Crippen LogP contribution in [0, 0.1) is 11.3 Å². The zero-order chi connectivity index (χ0) is 18.7. The molecule has 0 radical (unpaired) electrons. The van der Waals surface area contributed by atoms with E-state index in [1.807, 2.05) is 37.3 Å². The van der Waals surface area contributed by atoms with Gasteiger partial charge in [0.2, 0.25) is 5.91 Å². The maximum atomic E-state index is 12.7. The normalized spacial score (nSPS) is 22.1. The molecule has 4 heteroatoms. The number of ketones is 1. The van der Waals surface area contributed by atoms with E-state index < -0.39 is 11.6 Å². The van der Waals surface area contributed by atoms with E-state index in [1.165, 1.54) is 0 Å². The summed E-state index contributed by atoms with van der Waals surface area (Å²) in [5.74, 6) is -0.252. The van der Waals surface area contributed by atoms with Gasteiger partial charge in [-0.2, -0.15) is 0 Å². The molecule has 1 aromatic rings. The highest BCUT2D eigenvalue weighted by Gasteiger charge is 2.50. The van der Waals surface area contributed by atoms with Crippen molar-refractivity contribution in [2.75, 3.05) is 6.61 Å². The molecule has 0 saturated carbocycles. The van der Waals surface area contributed by atoms with Gasteiger partial charge in [-0.1, -0.05) is 58.0 Å². The molecule has 3 atom stereocenters. The molecule has 0 bridgehead atoms. The number of epoxide rings is 1. The molecule has 1 aromatic carbocycles. The largest absolute Gasteiger partial charge is 0.361 e. The molecule has 3 unspecified atom stereocenters. The number of ether oxygens (including phenoxy) is 1. The van der Waals surface area contributed by atoms with Crippen LogP contribution in [0.2, 0.25) is 0 Å². The number of carbonyl (C=O) groups excluding carboxylic acids is 2. The number of carbonyl (C=O) groups is 2. The Kier molecular flexibility index (Phi) is 6.04. The second-order valence-electron chi connectivity index (χ2n) is 8.64. The maximum Gasteiger partial charge on any atom is 0.223 e. The number of Topliss-reactive ketones (excluding diaryl/α,β-unsaturated/α-hetero) is 1. The summed E-state index contributed by atoms with van der Waals surface area (Å²) >= 11 is 0. The van der Waals surface area contributed by atoms with Gasteiger partial charge in [-0.15, -0.1) is 0 Å². The molecule has 1 saturated heterocycles. The van der Waals surface area contributed by atoms with E-state index in [0.717, 1.165) is 12.0 Å². The van der Waals surface area contributed by atoms with Gasteiger partial charge in [0.1, 0.15) is 5.60 Å². The lowest BCUT2D eigenvalue weighted by molar-refractivity contribution is -0.132. The summed E-state index contributed by atoms with van der Waals surface area (Å²) in [4.78, 5) is 25.4.